The normalized spacial score (nSPS) is 27.7. The Morgan fingerprint density at radius 1 is 1.23 bits per heavy atom. The van der Waals surface area contributed by atoms with Gasteiger partial charge in [0.05, 0.1) is 6.54 Å². The van der Waals surface area contributed by atoms with E-state index in [9.17, 15) is 18.8 Å². The van der Waals surface area contributed by atoms with E-state index in [1.807, 2.05) is 17.9 Å². The average molecular weight is 430 g/mol. The number of benzene rings is 1. The van der Waals surface area contributed by atoms with Gasteiger partial charge in [-0.3, -0.25) is 14.4 Å². The third kappa shape index (κ3) is 4.46. The molecule has 4 rings (SSSR count). The monoisotopic (exact) mass is 429 g/mol. The number of alkyl halides is 1. The second-order valence-corrected chi connectivity index (χ2v) is 9.77. The van der Waals surface area contributed by atoms with Crippen molar-refractivity contribution in [3.63, 3.8) is 0 Å². The van der Waals surface area contributed by atoms with Crippen LogP contribution in [0.5, 0.6) is 0 Å². The molecule has 168 valence electrons. The summed E-state index contributed by atoms with van der Waals surface area (Å²) in [6.45, 7) is 7.43. The summed E-state index contributed by atoms with van der Waals surface area (Å²) >= 11 is 0. The van der Waals surface area contributed by atoms with Crippen LogP contribution in [0.4, 0.5) is 4.39 Å². The van der Waals surface area contributed by atoms with Crippen molar-refractivity contribution in [1.29, 1.82) is 0 Å². The molecule has 3 heterocycles. The van der Waals surface area contributed by atoms with E-state index in [1.54, 1.807) is 0 Å². The molecule has 2 saturated heterocycles. The number of halogens is 1. The highest BCUT2D eigenvalue weighted by molar-refractivity contribution is 5.94. The summed E-state index contributed by atoms with van der Waals surface area (Å²) in [6.07, 6.45) is 0.704. The molecular formula is C24H32FN3O3. The summed E-state index contributed by atoms with van der Waals surface area (Å²) in [5.41, 5.74) is 3.70. The molecule has 4 atom stereocenters. The van der Waals surface area contributed by atoms with E-state index < -0.39 is 18.1 Å². The van der Waals surface area contributed by atoms with Crippen molar-refractivity contribution < 1.29 is 18.8 Å². The van der Waals surface area contributed by atoms with Crippen LogP contribution in [0.15, 0.2) is 18.2 Å². The molecule has 1 aromatic rings. The summed E-state index contributed by atoms with van der Waals surface area (Å²) < 4.78 is 13.6. The predicted octanol–water partition coefficient (Wildman–Crippen LogP) is 2.58. The molecule has 0 aromatic heterocycles. The quantitative estimate of drug-likeness (QED) is 0.782. The third-order valence-corrected chi connectivity index (χ3v) is 6.79. The minimum Gasteiger partial charge on any atom is -0.344 e. The molecule has 1 N–H and O–H groups in total. The molecule has 0 bridgehead atoms. The summed E-state index contributed by atoms with van der Waals surface area (Å²) in [6, 6.07) is 5.43. The lowest BCUT2D eigenvalue weighted by molar-refractivity contribution is -0.135. The fourth-order valence-electron chi connectivity index (χ4n) is 5.19. The van der Waals surface area contributed by atoms with Crippen molar-refractivity contribution >= 4 is 17.7 Å². The molecule has 6 nitrogen and oxygen atoms in total. The minimum absolute atomic E-state index is 0.0571. The molecule has 0 saturated carbocycles. The van der Waals surface area contributed by atoms with Crippen LogP contribution in [0.3, 0.4) is 0 Å². The van der Waals surface area contributed by atoms with Crippen LogP contribution in [-0.4, -0.2) is 52.3 Å². The lowest BCUT2D eigenvalue weighted by atomic mass is 9.96. The second-order valence-electron chi connectivity index (χ2n) is 9.77. The van der Waals surface area contributed by atoms with Crippen LogP contribution in [0.25, 0.3) is 0 Å². The number of fused-ring (bicyclic) bond motifs is 1. The molecule has 1 aromatic carbocycles. The van der Waals surface area contributed by atoms with Crippen LogP contribution in [0.2, 0.25) is 0 Å². The number of rotatable bonds is 5. The first-order valence-corrected chi connectivity index (χ1v) is 11.3. The zero-order chi connectivity index (χ0) is 22.3. The number of nitrogens with zero attached hydrogens (tertiary/aromatic N) is 2. The van der Waals surface area contributed by atoms with Gasteiger partial charge in [-0.15, -0.1) is 0 Å². The van der Waals surface area contributed by atoms with E-state index in [2.05, 4.69) is 31.3 Å². The van der Waals surface area contributed by atoms with Crippen molar-refractivity contribution in [3.8, 4) is 0 Å². The topological polar surface area (TPSA) is 69.7 Å². The van der Waals surface area contributed by atoms with E-state index in [0.29, 0.717) is 31.8 Å². The van der Waals surface area contributed by atoms with Crippen LogP contribution >= 0.6 is 0 Å². The Balaban J connectivity index is 1.36. The Bertz CT molecular complexity index is 887. The smallest absolute Gasteiger partial charge is 0.245 e. The van der Waals surface area contributed by atoms with Gasteiger partial charge < -0.3 is 15.1 Å². The summed E-state index contributed by atoms with van der Waals surface area (Å²) in [5, 5.41) is 2.74. The zero-order valence-corrected chi connectivity index (χ0v) is 18.6. The number of amides is 3. The van der Waals surface area contributed by atoms with E-state index in [4.69, 9.17) is 0 Å². The average Bonchev–Trinajstić information content (AvgIpc) is 3.38. The van der Waals surface area contributed by atoms with Crippen LogP contribution in [-0.2, 0) is 33.9 Å². The fourth-order valence-corrected chi connectivity index (χ4v) is 5.19. The molecule has 0 spiro atoms. The maximum absolute atomic E-state index is 13.6. The lowest BCUT2D eigenvalue weighted by Crippen LogP contribution is -2.46. The molecule has 0 aliphatic carbocycles. The van der Waals surface area contributed by atoms with Crippen LogP contribution < -0.4 is 5.32 Å². The molecule has 7 heteroatoms. The minimum atomic E-state index is -1.01. The zero-order valence-electron chi connectivity index (χ0n) is 18.6. The number of hydrogen-bond acceptors (Lipinski definition) is 3. The van der Waals surface area contributed by atoms with Crippen molar-refractivity contribution in [2.45, 2.75) is 77.8 Å². The lowest BCUT2D eigenvalue weighted by Gasteiger charge is -2.24. The van der Waals surface area contributed by atoms with E-state index in [1.165, 1.54) is 21.6 Å². The third-order valence-electron chi connectivity index (χ3n) is 6.79. The number of carbonyl (C=O) groups is 3. The van der Waals surface area contributed by atoms with Gasteiger partial charge in [-0.25, -0.2) is 4.39 Å². The van der Waals surface area contributed by atoms with Gasteiger partial charge >= 0.3 is 0 Å². The van der Waals surface area contributed by atoms with Gasteiger partial charge in [-0.05, 0) is 42.4 Å². The fraction of sp³-hybridized carbons (Fsp3) is 0.625. The molecular weight excluding hydrogens is 397 g/mol. The van der Waals surface area contributed by atoms with Crippen LogP contribution in [0, 0.1) is 11.8 Å². The molecule has 31 heavy (non-hydrogen) atoms. The largest absolute Gasteiger partial charge is 0.344 e. The molecule has 2 fully saturated rings. The van der Waals surface area contributed by atoms with Crippen LogP contribution in [0.1, 0.15) is 56.7 Å². The Labute approximate surface area is 183 Å². The standard InChI is InChI=1S/C24H32FN3O3/c1-14(2)7-16-5-4-6-17-11-27(13-20(16)17)22(29)10-18-9-21(26-23(18)30)24(31)28-12-19(25)8-15(28)3/h4-6,14-15,18-19,21H,7-13H2,1-3H3,(H,26,30)/t15-,18+,19?,21+/m1/s1. The van der Waals surface area contributed by atoms with Gasteiger partial charge in [-0.1, -0.05) is 32.0 Å². The van der Waals surface area contributed by atoms with Crippen molar-refractivity contribution in [2.75, 3.05) is 6.54 Å². The molecule has 3 aliphatic rings. The van der Waals surface area contributed by atoms with Gasteiger partial charge in [-0.2, -0.15) is 0 Å². The van der Waals surface area contributed by atoms with E-state index in [-0.39, 0.29) is 36.7 Å². The SMILES string of the molecule is CC(C)Cc1cccc2c1CN(C(=O)C[C@@H]1C[C@@H](C(=O)N3CC(F)C[C@H]3C)NC1=O)C2. The Kier molecular flexibility index (Phi) is 6.04. The highest BCUT2D eigenvalue weighted by Gasteiger charge is 2.43. The van der Waals surface area contributed by atoms with Crippen molar-refractivity contribution in [3.05, 3.63) is 34.9 Å². The maximum atomic E-state index is 13.6. The Morgan fingerprint density at radius 2 is 2.00 bits per heavy atom. The van der Waals surface area contributed by atoms with E-state index >= 15 is 0 Å². The number of likely N-dealkylation sites (tertiary alicyclic amines) is 1. The number of carbonyl (C=O) groups excluding carboxylic acids is 3. The van der Waals surface area contributed by atoms with Crippen molar-refractivity contribution in [1.82, 2.24) is 15.1 Å². The number of hydrogen-bond donors (Lipinski definition) is 1. The first kappa shape index (κ1) is 21.8. The molecule has 3 amide bonds. The molecule has 3 aliphatic heterocycles. The second kappa shape index (κ2) is 8.60. The highest BCUT2D eigenvalue weighted by atomic mass is 19.1. The maximum Gasteiger partial charge on any atom is 0.245 e. The van der Waals surface area contributed by atoms with E-state index in [0.717, 1.165) is 6.42 Å². The Morgan fingerprint density at radius 3 is 2.68 bits per heavy atom. The molecule has 0 radical (unpaired) electrons. The Hall–Kier alpha value is -2.44. The van der Waals surface area contributed by atoms with Gasteiger partial charge in [0.1, 0.15) is 12.2 Å². The number of nitrogens with one attached hydrogen (secondary N) is 1. The predicted molar refractivity (Wildman–Crippen MR) is 115 cm³/mol. The summed E-state index contributed by atoms with van der Waals surface area (Å²) in [4.78, 5) is 41.5. The van der Waals surface area contributed by atoms with Gasteiger partial charge in [0, 0.05) is 37.9 Å². The van der Waals surface area contributed by atoms with Gasteiger partial charge in [0.2, 0.25) is 17.7 Å². The molecule has 1 unspecified atom stereocenters. The highest BCUT2D eigenvalue weighted by Crippen LogP contribution is 2.30. The first-order chi connectivity index (χ1) is 14.7. The summed E-state index contributed by atoms with van der Waals surface area (Å²) in [5.74, 6) is -0.521. The van der Waals surface area contributed by atoms with Crippen molar-refractivity contribution in [2.24, 2.45) is 11.8 Å². The van der Waals surface area contributed by atoms with Gasteiger partial charge in [0.15, 0.2) is 0 Å². The summed E-state index contributed by atoms with van der Waals surface area (Å²) in [7, 11) is 0. The van der Waals surface area contributed by atoms with Gasteiger partial charge in [0.25, 0.3) is 0 Å². The first-order valence-electron chi connectivity index (χ1n) is 11.3.